The molecule has 0 aliphatic carbocycles. The van der Waals surface area contributed by atoms with E-state index in [2.05, 4.69) is 10.6 Å². The number of nitriles is 1. The van der Waals surface area contributed by atoms with E-state index in [4.69, 9.17) is 5.26 Å². The summed E-state index contributed by atoms with van der Waals surface area (Å²) in [6.07, 6.45) is 0. The Labute approximate surface area is 112 Å². The first-order chi connectivity index (χ1) is 9.02. The summed E-state index contributed by atoms with van der Waals surface area (Å²) in [7, 11) is 0. The van der Waals surface area contributed by atoms with Crippen molar-refractivity contribution in [2.75, 3.05) is 13.1 Å². The second-order valence-electron chi connectivity index (χ2n) is 4.57. The van der Waals surface area contributed by atoms with Gasteiger partial charge in [-0.25, -0.2) is 0 Å². The number of amides is 2. The van der Waals surface area contributed by atoms with Crippen LogP contribution in [0, 0.1) is 17.2 Å². The molecular weight excluding hydrogens is 242 g/mol. The number of benzene rings is 1. The minimum atomic E-state index is -0.329. The van der Waals surface area contributed by atoms with Gasteiger partial charge in [0.1, 0.15) is 0 Å². The van der Waals surface area contributed by atoms with Gasteiger partial charge < -0.3 is 10.6 Å². The van der Waals surface area contributed by atoms with Crippen molar-refractivity contribution in [3.63, 3.8) is 0 Å². The zero-order chi connectivity index (χ0) is 14.3. The van der Waals surface area contributed by atoms with Crippen molar-refractivity contribution >= 4 is 11.8 Å². The highest BCUT2D eigenvalue weighted by Gasteiger charge is 2.08. The fraction of sp³-hybridized carbons (Fsp3) is 0.357. The molecule has 0 saturated heterocycles. The molecule has 0 aliphatic rings. The Hall–Kier alpha value is -2.35. The lowest BCUT2D eigenvalue weighted by Crippen LogP contribution is -2.38. The van der Waals surface area contributed by atoms with Crippen molar-refractivity contribution in [3.05, 3.63) is 35.4 Å². The molecule has 0 unspecified atom stereocenters. The summed E-state index contributed by atoms with van der Waals surface area (Å²) < 4.78 is 0. The fourth-order valence-electron chi connectivity index (χ4n) is 1.34. The highest BCUT2D eigenvalue weighted by molar-refractivity contribution is 5.96. The monoisotopic (exact) mass is 259 g/mol. The second kappa shape index (κ2) is 7.17. The maximum Gasteiger partial charge on any atom is 0.251 e. The smallest absolute Gasteiger partial charge is 0.251 e. The van der Waals surface area contributed by atoms with Gasteiger partial charge in [-0.3, -0.25) is 9.59 Å². The maximum absolute atomic E-state index is 11.7. The van der Waals surface area contributed by atoms with E-state index < -0.39 is 0 Å². The van der Waals surface area contributed by atoms with E-state index in [1.54, 1.807) is 24.3 Å². The van der Waals surface area contributed by atoms with Crippen LogP contribution in [0.4, 0.5) is 0 Å². The first kappa shape index (κ1) is 14.7. The molecule has 0 aliphatic heterocycles. The Morgan fingerprint density at radius 3 is 2.37 bits per heavy atom. The Balaban J connectivity index is 2.42. The third-order valence-electron chi connectivity index (χ3n) is 2.39. The number of hydrogen-bond acceptors (Lipinski definition) is 3. The second-order valence-corrected chi connectivity index (χ2v) is 4.57. The first-order valence-corrected chi connectivity index (χ1v) is 6.08. The van der Waals surface area contributed by atoms with E-state index in [0.29, 0.717) is 23.6 Å². The van der Waals surface area contributed by atoms with Gasteiger partial charge in [-0.2, -0.15) is 5.26 Å². The molecule has 2 amide bonds. The van der Waals surface area contributed by atoms with E-state index in [-0.39, 0.29) is 18.4 Å². The molecule has 1 rings (SSSR count). The maximum atomic E-state index is 11.7. The van der Waals surface area contributed by atoms with E-state index in [0.717, 1.165) is 0 Å². The van der Waals surface area contributed by atoms with E-state index in [9.17, 15) is 9.59 Å². The lowest BCUT2D eigenvalue weighted by atomic mass is 10.1. The zero-order valence-electron chi connectivity index (χ0n) is 11.1. The van der Waals surface area contributed by atoms with Gasteiger partial charge in [-0.05, 0) is 30.2 Å². The molecule has 0 aromatic heterocycles. The van der Waals surface area contributed by atoms with Crippen LogP contribution < -0.4 is 10.6 Å². The van der Waals surface area contributed by atoms with Gasteiger partial charge in [0.05, 0.1) is 18.2 Å². The minimum absolute atomic E-state index is 0.0500. The summed E-state index contributed by atoms with van der Waals surface area (Å²) in [6.45, 7) is 4.53. The summed E-state index contributed by atoms with van der Waals surface area (Å²) in [5.74, 6) is -0.168. The van der Waals surface area contributed by atoms with Crippen molar-refractivity contribution in [3.8, 4) is 6.07 Å². The molecule has 1 aromatic rings. The number of carbonyl (C=O) groups is 2. The van der Waals surface area contributed by atoms with E-state index in [1.165, 1.54) is 0 Å². The highest BCUT2D eigenvalue weighted by Crippen LogP contribution is 2.02. The van der Waals surface area contributed by atoms with Gasteiger partial charge in [0, 0.05) is 12.1 Å². The van der Waals surface area contributed by atoms with Crippen molar-refractivity contribution in [1.29, 1.82) is 5.26 Å². The van der Waals surface area contributed by atoms with Crippen LogP contribution in [-0.2, 0) is 4.79 Å². The van der Waals surface area contributed by atoms with Crippen LogP contribution in [0.2, 0.25) is 0 Å². The third-order valence-corrected chi connectivity index (χ3v) is 2.39. The quantitative estimate of drug-likeness (QED) is 0.829. The van der Waals surface area contributed by atoms with Crippen molar-refractivity contribution in [1.82, 2.24) is 10.6 Å². The Morgan fingerprint density at radius 2 is 1.84 bits per heavy atom. The molecule has 2 N–H and O–H groups in total. The van der Waals surface area contributed by atoms with E-state index >= 15 is 0 Å². The van der Waals surface area contributed by atoms with Gasteiger partial charge in [0.15, 0.2) is 0 Å². The number of carbonyl (C=O) groups excluding carboxylic acids is 2. The largest absolute Gasteiger partial charge is 0.354 e. The van der Waals surface area contributed by atoms with Crippen LogP contribution in [-0.4, -0.2) is 24.9 Å². The van der Waals surface area contributed by atoms with Gasteiger partial charge in [-0.15, -0.1) is 0 Å². The fourth-order valence-corrected chi connectivity index (χ4v) is 1.34. The summed E-state index contributed by atoms with van der Waals surface area (Å²) in [4.78, 5) is 23.1. The number of nitrogens with one attached hydrogen (secondary N) is 2. The first-order valence-electron chi connectivity index (χ1n) is 6.08. The van der Waals surface area contributed by atoms with Crippen LogP contribution in [0.15, 0.2) is 24.3 Å². The van der Waals surface area contributed by atoms with Gasteiger partial charge in [-0.1, -0.05) is 13.8 Å². The molecule has 0 saturated carbocycles. The Kier molecular flexibility index (Phi) is 5.55. The van der Waals surface area contributed by atoms with Crippen LogP contribution in [0.3, 0.4) is 0 Å². The summed E-state index contributed by atoms with van der Waals surface area (Å²) >= 11 is 0. The summed E-state index contributed by atoms with van der Waals surface area (Å²) in [6, 6.07) is 8.21. The normalized spacial score (nSPS) is 9.79. The topological polar surface area (TPSA) is 82.0 Å². The standard InChI is InChI=1S/C14H17N3O2/c1-10(2)8-16-13(18)9-17-14(19)12-5-3-11(7-15)4-6-12/h3-6,10H,8-9H2,1-2H3,(H,16,18)(H,17,19). The lowest BCUT2D eigenvalue weighted by molar-refractivity contribution is -0.120. The predicted octanol–water partition coefficient (Wildman–Crippen LogP) is 1.06. The molecule has 0 heterocycles. The molecule has 0 atom stereocenters. The zero-order valence-corrected chi connectivity index (χ0v) is 11.1. The molecule has 100 valence electrons. The highest BCUT2D eigenvalue weighted by atomic mass is 16.2. The lowest BCUT2D eigenvalue weighted by Gasteiger charge is -2.08. The molecule has 0 bridgehead atoms. The molecule has 0 fully saturated rings. The number of rotatable bonds is 5. The van der Waals surface area contributed by atoms with Crippen LogP contribution in [0.5, 0.6) is 0 Å². The third kappa shape index (κ3) is 5.21. The van der Waals surface area contributed by atoms with Crippen LogP contribution in [0.1, 0.15) is 29.8 Å². The van der Waals surface area contributed by atoms with Crippen LogP contribution >= 0.6 is 0 Å². The predicted molar refractivity (Wildman–Crippen MR) is 71.3 cm³/mol. The van der Waals surface area contributed by atoms with Gasteiger partial charge in [0.2, 0.25) is 5.91 Å². The van der Waals surface area contributed by atoms with Crippen molar-refractivity contribution in [2.24, 2.45) is 5.92 Å². The molecule has 0 radical (unpaired) electrons. The number of nitrogens with zero attached hydrogens (tertiary/aromatic N) is 1. The SMILES string of the molecule is CC(C)CNC(=O)CNC(=O)c1ccc(C#N)cc1. The summed E-state index contributed by atoms with van der Waals surface area (Å²) in [5.41, 5.74) is 0.918. The molecule has 0 spiro atoms. The van der Waals surface area contributed by atoms with Crippen molar-refractivity contribution in [2.45, 2.75) is 13.8 Å². The molecular formula is C14H17N3O2. The summed E-state index contributed by atoms with van der Waals surface area (Å²) in [5, 5.41) is 13.9. The Bertz CT molecular complexity index is 486. The van der Waals surface area contributed by atoms with Gasteiger partial charge >= 0.3 is 0 Å². The van der Waals surface area contributed by atoms with Crippen molar-refractivity contribution < 1.29 is 9.59 Å². The minimum Gasteiger partial charge on any atom is -0.354 e. The Morgan fingerprint density at radius 1 is 1.21 bits per heavy atom. The molecule has 1 aromatic carbocycles. The molecule has 5 heteroatoms. The average molecular weight is 259 g/mol. The number of hydrogen-bond donors (Lipinski definition) is 2. The van der Waals surface area contributed by atoms with Gasteiger partial charge in [0.25, 0.3) is 5.91 Å². The van der Waals surface area contributed by atoms with Crippen LogP contribution in [0.25, 0.3) is 0 Å². The van der Waals surface area contributed by atoms with E-state index in [1.807, 2.05) is 19.9 Å². The average Bonchev–Trinajstić information content (AvgIpc) is 2.42. The molecule has 19 heavy (non-hydrogen) atoms. The molecule has 5 nitrogen and oxygen atoms in total.